The Bertz CT molecular complexity index is 1490. The highest BCUT2D eigenvalue weighted by Crippen LogP contribution is 2.42. The van der Waals surface area contributed by atoms with Gasteiger partial charge in [-0.2, -0.15) is 0 Å². The number of aliphatic hydroxyl groups is 1. The van der Waals surface area contributed by atoms with Crippen LogP contribution in [0.15, 0.2) is 85.2 Å². The number of aryl methyl sites for hydroxylation is 1. The first kappa shape index (κ1) is 22.2. The van der Waals surface area contributed by atoms with Gasteiger partial charge in [0, 0.05) is 28.9 Å². The molecule has 0 atom stereocenters. The molecule has 34 heavy (non-hydrogen) atoms. The topological polar surface area (TPSA) is 58.9 Å². The number of pyridine rings is 1. The second kappa shape index (κ2) is 8.64. The monoisotopic (exact) mass is 465 g/mol. The molecule has 0 aliphatic carbocycles. The molecule has 0 saturated carbocycles. The standard InChI is InChI=1S/C29H24ClN3O/c1-18-27(30)26(23-12-8-7-11-22(23)19-9-5-4-6-10-19)24-15-20(13-14-25(24)33-18)21-16-31-28(32-17-21)29(2,3)34/h4-17,34H,1-3H3. The predicted molar refractivity (Wildman–Crippen MR) is 139 cm³/mol. The number of fused-ring (bicyclic) bond motifs is 1. The minimum atomic E-state index is -1.09. The lowest BCUT2D eigenvalue weighted by Crippen LogP contribution is -2.19. The van der Waals surface area contributed by atoms with Gasteiger partial charge in [0.2, 0.25) is 0 Å². The molecule has 0 amide bonds. The quantitative estimate of drug-likeness (QED) is 0.304. The molecule has 0 spiro atoms. The maximum Gasteiger partial charge on any atom is 0.159 e. The lowest BCUT2D eigenvalue weighted by Gasteiger charge is -2.17. The Kier molecular flexibility index (Phi) is 5.64. The van der Waals surface area contributed by atoms with E-state index in [2.05, 4.69) is 40.3 Å². The van der Waals surface area contributed by atoms with Crippen molar-refractivity contribution >= 4 is 22.5 Å². The van der Waals surface area contributed by atoms with Gasteiger partial charge < -0.3 is 5.11 Å². The number of hydrogen-bond donors (Lipinski definition) is 1. The largest absolute Gasteiger partial charge is 0.382 e. The molecule has 168 valence electrons. The second-order valence-corrected chi connectivity index (χ2v) is 9.26. The molecule has 0 fully saturated rings. The maximum absolute atomic E-state index is 10.2. The molecule has 0 aliphatic heterocycles. The Morgan fingerprint density at radius 3 is 2.09 bits per heavy atom. The Morgan fingerprint density at radius 2 is 1.41 bits per heavy atom. The van der Waals surface area contributed by atoms with E-state index in [-0.39, 0.29) is 0 Å². The van der Waals surface area contributed by atoms with E-state index in [0.29, 0.717) is 10.8 Å². The SMILES string of the molecule is Cc1nc2ccc(-c3cnc(C(C)(C)O)nc3)cc2c(-c2ccccc2-c2ccccc2)c1Cl. The van der Waals surface area contributed by atoms with E-state index in [0.717, 1.165) is 50.0 Å². The Labute approximate surface area is 204 Å². The van der Waals surface area contributed by atoms with Crippen molar-refractivity contribution < 1.29 is 5.11 Å². The van der Waals surface area contributed by atoms with Crippen LogP contribution in [0.4, 0.5) is 0 Å². The number of rotatable bonds is 4. The first-order chi connectivity index (χ1) is 16.3. The molecule has 0 bridgehead atoms. The summed E-state index contributed by atoms with van der Waals surface area (Å²) < 4.78 is 0. The van der Waals surface area contributed by atoms with E-state index < -0.39 is 5.60 Å². The highest BCUT2D eigenvalue weighted by molar-refractivity contribution is 6.35. The average Bonchev–Trinajstić information content (AvgIpc) is 2.85. The van der Waals surface area contributed by atoms with Gasteiger partial charge in [0.25, 0.3) is 0 Å². The summed E-state index contributed by atoms with van der Waals surface area (Å²) in [4.78, 5) is 13.5. The molecule has 5 aromatic rings. The van der Waals surface area contributed by atoms with Gasteiger partial charge in [-0.05, 0) is 55.2 Å². The fourth-order valence-corrected chi connectivity index (χ4v) is 4.42. The first-order valence-electron chi connectivity index (χ1n) is 11.1. The molecule has 5 rings (SSSR count). The molecule has 0 aliphatic rings. The molecule has 0 unspecified atom stereocenters. The molecule has 5 heteroatoms. The van der Waals surface area contributed by atoms with Gasteiger partial charge in [-0.3, -0.25) is 4.98 Å². The number of benzene rings is 3. The van der Waals surface area contributed by atoms with E-state index >= 15 is 0 Å². The lowest BCUT2D eigenvalue weighted by molar-refractivity contribution is 0.0687. The van der Waals surface area contributed by atoms with Crippen LogP contribution in [0.25, 0.3) is 44.3 Å². The summed E-state index contributed by atoms with van der Waals surface area (Å²) in [5.41, 5.74) is 6.63. The van der Waals surface area contributed by atoms with Crippen molar-refractivity contribution in [3.05, 3.63) is 102 Å². The summed E-state index contributed by atoms with van der Waals surface area (Å²) >= 11 is 6.92. The van der Waals surface area contributed by atoms with Crippen LogP contribution in [-0.2, 0) is 5.60 Å². The Hall–Kier alpha value is -3.60. The fourth-order valence-electron chi connectivity index (χ4n) is 4.17. The number of halogens is 1. The van der Waals surface area contributed by atoms with Crippen LogP contribution >= 0.6 is 11.6 Å². The van der Waals surface area contributed by atoms with Crippen LogP contribution in [0.1, 0.15) is 25.4 Å². The molecule has 2 heterocycles. The van der Waals surface area contributed by atoms with E-state index in [9.17, 15) is 5.11 Å². The summed E-state index contributed by atoms with van der Waals surface area (Å²) in [6.07, 6.45) is 3.48. The third kappa shape index (κ3) is 4.07. The Morgan fingerprint density at radius 1 is 0.765 bits per heavy atom. The maximum atomic E-state index is 10.2. The van der Waals surface area contributed by atoms with Crippen molar-refractivity contribution in [2.45, 2.75) is 26.4 Å². The fraction of sp³-hybridized carbons (Fsp3) is 0.138. The minimum Gasteiger partial charge on any atom is -0.382 e. The van der Waals surface area contributed by atoms with E-state index in [4.69, 9.17) is 16.6 Å². The van der Waals surface area contributed by atoms with Gasteiger partial charge >= 0.3 is 0 Å². The summed E-state index contributed by atoms with van der Waals surface area (Å²) in [6, 6.07) is 24.7. The van der Waals surface area contributed by atoms with E-state index in [1.807, 2.05) is 49.4 Å². The molecule has 3 aromatic carbocycles. The van der Waals surface area contributed by atoms with Crippen molar-refractivity contribution in [3.8, 4) is 33.4 Å². The highest BCUT2D eigenvalue weighted by Gasteiger charge is 2.20. The first-order valence-corrected chi connectivity index (χ1v) is 11.5. The van der Waals surface area contributed by atoms with E-state index in [1.54, 1.807) is 26.2 Å². The zero-order valence-corrected chi connectivity index (χ0v) is 20.0. The summed E-state index contributed by atoms with van der Waals surface area (Å²) in [7, 11) is 0. The molecular formula is C29H24ClN3O. The molecule has 4 nitrogen and oxygen atoms in total. The molecule has 2 aromatic heterocycles. The summed E-state index contributed by atoms with van der Waals surface area (Å²) in [6.45, 7) is 5.28. The smallest absolute Gasteiger partial charge is 0.159 e. The highest BCUT2D eigenvalue weighted by atomic mass is 35.5. The van der Waals surface area contributed by atoms with Crippen molar-refractivity contribution in [3.63, 3.8) is 0 Å². The van der Waals surface area contributed by atoms with Gasteiger partial charge in [0.1, 0.15) is 5.60 Å². The molecule has 0 saturated heterocycles. The van der Waals surface area contributed by atoms with Gasteiger partial charge in [-0.15, -0.1) is 0 Å². The number of aromatic nitrogens is 3. The average molecular weight is 466 g/mol. The molecular weight excluding hydrogens is 442 g/mol. The van der Waals surface area contributed by atoms with Gasteiger partial charge in [0.05, 0.1) is 16.2 Å². The van der Waals surface area contributed by atoms with Gasteiger partial charge in [-0.25, -0.2) is 9.97 Å². The minimum absolute atomic E-state index is 0.384. The second-order valence-electron chi connectivity index (χ2n) is 8.88. The normalized spacial score (nSPS) is 11.7. The van der Waals surface area contributed by atoms with Crippen LogP contribution in [0.2, 0.25) is 5.02 Å². The van der Waals surface area contributed by atoms with Crippen LogP contribution in [-0.4, -0.2) is 20.1 Å². The number of hydrogen-bond acceptors (Lipinski definition) is 4. The van der Waals surface area contributed by atoms with Crippen molar-refractivity contribution in [1.82, 2.24) is 15.0 Å². The zero-order chi connectivity index (χ0) is 23.9. The third-order valence-corrected chi connectivity index (χ3v) is 6.37. The van der Waals surface area contributed by atoms with Crippen LogP contribution in [0.5, 0.6) is 0 Å². The summed E-state index contributed by atoms with van der Waals surface area (Å²) in [5.74, 6) is 0.384. The molecule has 0 radical (unpaired) electrons. The van der Waals surface area contributed by atoms with Gasteiger partial charge in [-0.1, -0.05) is 72.3 Å². The van der Waals surface area contributed by atoms with Crippen molar-refractivity contribution in [2.24, 2.45) is 0 Å². The van der Waals surface area contributed by atoms with Crippen LogP contribution < -0.4 is 0 Å². The predicted octanol–water partition coefficient (Wildman–Crippen LogP) is 7.22. The zero-order valence-electron chi connectivity index (χ0n) is 19.2. The van der Waals surface area contributed by atoms with E-state index in [1.165, 1.54) is 0 Å². The number of nitrogens with zero attached hydrogens (tertiary/aromatic N) is 3. The van der Waals surface area contributed by atoms with Gasteiger partial charge in [0.15, 0.2) is 5.82 Å². The van der Waals surface area contributed by atoms with Crippen molar-refractivity contribution in [2.75, 3.05) is 0 Å². The van der Waals surface area contributed by atoms with Crippen LogP contribution in [0, 0.1) is 6.92 Å². The summed E-state index contributed by atoms with van der Waals surface area (Å²) in [5, 5.41) is 11.8. The molecule has 1 N–H and O–H groups in total. The lowest BCUT2D eigenvalue weighted by atomic mass is 9.91. The van der Waals surface area contributed by atoms with Crippen molar-refractivity contribution in [1.29, 1.82) is 0 Å². The third-order valence-electron chi connectivity index (χ3n) is 5.90. The van der Waals surface area contributed by atoms with Crippen LogP contribution in [0.3, 0.4) is 0 Å². The Balaban J connectivity index is 1.73.